The summed E-state index contributed by atoms with van der Waals surface area (Å²) in [5.74, 6) is -0.979. The SMILES string of the molecule is Fc1ccc(-c2ccc(CCc3ccccc3C3CC[Si](Cl)CC3)cc2)cc1F. The Balaban J connectivity index is 1.44. The van der Waals surface area contributed by atoms with Gasteiger partial charge in [0, 0.05) is 0 Å². The van der Waals surface area contributed by atoms with Gasteiger partial charge in [-0.3, -0.25) is 0 Å². The summed E-state index contributed by atoms with van der Waals surface area (Å²) in [5.41, 5.74) is 5.78. The van der Waals surface area contributed by atoms with Crippen LogP contribution in [0, 0.1) is 11.6 Å². The van der Waals surface area contributed by atoms with Gasteiger partial charge in [0.15, 0.2) is 19.7 Å². The van der Waals surface area contributed by atoms with Gasteiger partial charge in [0.1, 0.15) is 0 Å². The number of benzene rings is 3. The fourth-order valence-corrected chi connectivity index (χ4v) is 6.45. The standard InChI is InChI=1S/C25H24ClF2Si/c26-29-15-13-21(14-16-29)23-4-2-1-3-20(23)10-7-18-5-8-19(9-6-18)22-11-12-24(27)25(28)17-22/h1-6,8-9,11-12,17,21H,7,10,13-16H2. The van der Waals surface area contributed by atoms with E-state index in [2.05, 4.69) is 36.4 Å². The van der Waals surface area contributed by atoms with Crippen LogP contribution in [0.4, 0.5) is 8.78 Å². The molecule has 3 aromatic rings. The molecule has 1 aliphatic heterocycles. The summed E-state index contributed by atoms with van der Waals surface area (Å²) in [5, 5.41) is 0. The van der Waals surface area contributed by atoms with Crippen molar-refractivity contribution in [1.29, 1.82) is 0 Å². The van der Waals surface area contributed by atoms with E-state index in [0.29, 0.717) is 11.5 Å². The third kappa shape index (κ3) is 4.96. The lowest BCUT2D eigenvalue weighted by molar-refractivity contribution is 0.509. The molecule has 1 heterocycles. The lowest BCUT2D eigenvalue weighted by Crippen LogP contribution is -2.16. The van der Waals surface area contributed by atoms with Crippen molar-refractivity contribution in [3.8, 4) is 11.1 Å². The monoisotopic (exact) mass is 425 g/mol. The average Bonchev–Trinajstić information content (AvgIpc) is 2.75. The van der Waals surface area contributed by atoms with Crippen LogP contribution in [0.3, 0.4) is 0 Å². The smallest absolute Gasteiger partial charge is 0.165 e. The first-order chi connectivity index (χ1) is 14.1. The van der Waals surface area contributed by atoms with Crippen molar-refractivity contribution in [2.75, 3.05) is 0 Å². The van der Waals surface area contributed by atoms with Crippen molar-refractivity contribution in [2.24, 2.45) is 0 Å². The van der Waals surface area contributed by atoms with Crippen molar-refractivity contribution in [3.63, 3.8) is 0 Å². The van der Waals surface area contributed by atoms with E-state index < -0.39 is 19.7 Å². The van der Waals surface area contributed by atoms with Crippen LogP contribution in [-0.2, 0) is 12.8 Å². The van der Waals surface area contributed by atoms with E-state index in [1.165, 1.54) is 53.8 Å². The van der Waals surface area contributed by atoms with Crippen molar-refractivity contribution < 1.29 is 8.78 Å². The highest BCUT2D eigenvalue weighted by Gasteiger charge is 2.23. The van der Waals surface area contributed by atoms with Gasteiger partial charge in [-0.1, -0.05) is 54.6 Å². The molecule has 0 amide bonds. The van der Waals surface area contributed by atoms with Gasteiger partial charge in [-0.05, 0) is 83.6 Å². The molecule has 4 heteroatoms. The molecule has 0 N–H and O–H groups in total. The van der Waals surface area contributed by atoms with E-state index in [-0.39, 0.29) is 0 Å². The van der Waals surface area contributed by atoms with Crippen LogP contribution in [0.2, 0.25) is 12.1 Å². The molecule has 1 saturated heterocycles. The van der Waals surface area contributed by atoms with E-state index in [9.17, 15) is 8.78 Å². The van der Waals surface area contributed by atoms with Crippen LogP contribution in [0.25, 0.3) is 11.1 Å². The molecular formula is C25H24ClF2Si. The zero-order valence-electron chi connectivity index (χ0n) is 16.3. The van der Waals surface area contributed by atoms with Gasteiger partial charge >= 0.3 is 0 Å². The van der Waals surface area contributed by atoms with Gasteiger partial charge in [0.25, 0.3) is 0 Å². The van der Waals surface area contributed by atoms with Crippen LogP contribution in [0.5, 0.6) is 0 Å². The molecule has 0 saturated carbocycles. The molecule has 1 fully saturated rings. The molecule has 0 unspecified atom stereocenters. The van der Waals surface area contributed by atoms with E-state index in [1.807, 2.05) is 12.1 Å². The maximum Gasteiger partial charge on any atom is 0.165 e. The van der Waals surface area contributed by atoms with Gasteiger partial charge in [0.2, 0.25) is 0 Å². The zero-order chi connectivity index (χ0) is 20.2. The third-order valence-corrected chi connectivity index (χ3v) is 8.71. The Kier molecular flexibility index (Phi) is 6.46. The lowest BCUT2D eigenvalue weighted by atomic mass is 9.87. The Morgan fingerprint density at radius 2 is 1.48 bits per heavy atom. The second-order valence-corrected chi connectivity index (χ2v) is 11.5. The number of hydrogen-bond acceptors (Lipinski definition) is 0. The van der Waals surface area contributed by atoms with Gasteiger partial charge < -0.3 is 0 Å². The minimum Gasteiger partial charge on any atom is -0.204 e. The van der Waals surface area contributed by atoms with E-state index >= 15 is 0 Å². The molecule has 0 bridgehead atoms. The minimum atomic E-state index is -0.815. The van der Waals surface area contributed by atoms with Gasteiger partial charge in [-0.15, -0.1) is 0 Å². The molecule has 29 heavy (non-hydrogen) atoms. The number of hydrogen-bond donors (Lipinski definition) is 0. The van der Waals surface area contributed by atoms with Gasteiger partial charge in [-0.25, -0.2) is 8.78 Å². The third-order valence-electron chi connectivity index (χ3n) is 5.91. The van der Waals surface area contributed by atoms with Gasteiger partial charge in [-0.2, -0.15) is 11.1 Å². The molecule has 1 aliphatic rings. The fourth-order valence-electron chi connectivity index (χ4n) is 4.22. The summed E-state index contributed by atoms with van der Waals surface area (Å²) < 4.78 is 26.6. The van der Waals surface area contributed by atoms with Crippen LogP contribution in [-0.4, -0.2) is 8.11 Å². The quantitative estimate of drug-likeness (QED) is 0.293. The highest BCUT2D eigenvalue weighted by atomic mass is 35.6. The summed E-state index contributed by atoms with van der Waals surface area (Å²) in [7, 11) is -0.604. The maximum atomic E-state index is 13.5. The Morgan fingerprint density at radius 1 is 0.793 bits per heavy atom. The summed E-state index contributed by atoms with van der Waals surface area (Å²) in [4.78, 5) is 0. The normalized spacial score (nSPS) is 15.6. The Labute approximate surface area is 177 Å². The second-order valence-electron chi connectivity index (χ2n) is 7.82. The van der Waals surface area contributed by atoms with E-state index in [1.54, 1.807) is 6.07 Å². The predicted molar refractivity (Wildman–Crippen MR) is 119 cm³/mol. The van der Waals surface area contributed by atoms with E-state index in [0.717, 1.165) is 18.4 Å². The van der Waals surface area contributed by atoms with Crippen LogP contribution in [0.15, 0.2) is 66.7 Å². The van der Waals surface area contributed by atoms with Crippen molar-refractivity contribution >= 4 is 19.2 Å². The van der Waals surface area contributed by atoms with Crippen LogP contribution in [0.1, 0.15) is 35.4 Å². The first-order valence-electron chi connectivity index (χ1n) is 10.2. The minimum absolute atomic E-state index is 0.604. The number of rotatable bonds is 5. The lowest BCUT2D eigenvalue weighted by Gasteiger charge is -2.26. The molecule has 0 nitrogen and oxygen atoms in total. The summed E-state index contributed by atoms with van der Waals surface area (Å²) >= 11 is 6.39. The first kappa shape index (κ1) is 20.3. The molecule has 4 rings (SSSR count). The molecule has 0 spiro atoms. The first-order valence-corrected chi connectivity index (χ1v) is 13.1. The number of aryl methyl sites for hydroxylation is 2. The maximum absolute atomic E-state index is 13.5. The van der Waals surface area contributed by atoms with Gasteiger partial charge in [0.05, 0.1) is 0 Å². The summed E-state index contributed by atoms with van der Waals surface area (Å²) in [6.45, 7) is 0. The zero-order valence-corrected chi connectivity index (χ0v) is 18.1. The molecule has 3 aromatic carbocycles. The topological polar surface area (TPSA) is 0 Å². The predicted octanol–water partition coefficient (Wildman–Crippen LogP) is 7.52. The Morgan fingerprint density at radius 3 is 2.21 bits per heavy atom. The number of halogens is 3. The van der Waals surface area contributed by atoms with E-state index in [4.69, 9.17) is 11.1 Å². The highest BCUT2D eigenvalue weighted by molar-refractivity contribution is 7.07. The Hall–Kier alpha value is -1.97. The van der Waals surface area contributed by atoms with Crippen LogP contribution >= 0.6 is 11.1 Å². The molecule has 0 aromatic heterocycles. The van der Waals surface area contributed by atoms with Crippen LogP contribution < -0.4 is 0 Å². The second kappa shape index (κ2) is 9.23. The molecule has 0 aliphatic carbocycles. The van der Waals surface area contributed by atoms with Crippen molar-refractivity contribution in [3.05, 3.63) is 95.1 Å². The molecule has 149 valence electrons. The molecule has 0 atom stereocenters. The summed E-state index contributed by atoms with van der Waals surface area (Å²) in [6, 6.07) is 23.4. The summed E-state index contributed by atoms with van der Waals surface area (Å²) in [6.07, 6.45) is 4.41. The highest BCUT2D eigenvalue weighted by Crippen LogP contribution is 2.36. The molecular weight excluding hydrogens is 402 g/mol. The average molecular weight is 426 g/mol. The molecule has 1 radical (unpaired) electrons. The van der Waals surface area contributed by atoms with Crippen molar-refractivity contribution in [1.82, 2.24) is 0 Å². The largest absolute Gasteiger partial charge is 0.204 e. The van der Waals surface area contributed by atoms with Crippen molar-refractivity contribution in [2.45, 2.75) is 43.7 Å². The fraction of sp³-hybridized carbons (Fsp3) is 0.280. The Bertz CT molecular complexity index is 963.